The van der Waals surface area contributed by atoms with E-state index in [-0.39, 0.29) is 12.5 Å². The Morgan fingerprint density at radius 2 is 1.95 bits per heavy atom. The quantitative estimate of drug-likeness (QED) is 0.891. The number of hydrogen-bond donors (Lipinski definition) is 1. The molecule has 20 heavy (non-hydrogen) atoms. The summed E-state index contributed by atoms with van der Waals surface area (Å²) >= 11 is 0. The third-order valence-corrected chi connectivity index (χ3v) is 4.05. The molecule has 0 saturated carbocycles. The zero-order valence-electron chi connectivity index (χ0n) is 12.2. The van der Waals surface area contributed by atoms with Crippen LogP contribution in [0.3, 0.4) is 0 Å². The smallest absolute Gasteiger partial charge is 0.242 e. The number of benzene rings is 1. The number of rotatable bonds is 5. The normalized spacial score (nSPS) is 16.2. The van der Waals surface area contributed by atoms with Crippen molar-refractivity contribution < 1.29 is 9.90 Å². The minimum atomic E-state index is 0.187. The highest BCUT2D eigenvalue weighted by Crippen LogP contribution is 2.18. The summed E-state index contributed by atoms with van der Waals surface area (Å²) in [4.78, 5) is 16.4. The van der Waals surface area contributed by atoms with E-state index in [9.17, 15) is 4.79 Å². The van der Waals surface area contributed by atoms with E-state index in [1.165, 1.54) is 0 Å². The minimum absolute atomic E-state index is 0.187. The van der Waals surface area contributed by atoms with Crippen molar-refractivity contribution in [3.05, 3.63) is 30.3 Å². The SMILES string of the molecule is CCN(CC(=O)N1CCC(CO)CC1)c1ccccc1. The van der Waals surface area contributed by atoms with Gasteiger partial charge < -0.3 is 14.9 Å². The summed E-state index contributed by atoms with van der Waals surface area (Å²) in [5, 5.41) is 9.14. The van der Waals surface area contributed by atoms with Crippen molar-refractivity contribution in [3.63, 3.8) is 0 Å². The van der Waals surface area contributed by atoms with Gasteiger partial charge in [0.25, 0.3) is 0 Å². The Bertz CT molecular complexity index is 414. The number of para-hydroxylation sites is 1. The summed E-state index contributed by atoms with van der Waals surface area (Å²) < 4.78 is 0. The molecule has 0 atom stereocenters. The molecule has 0 radical (unpaired) electrons. The van der Waals surface area contributed by atoms with Crippen LogP contribution in [0.2, 0.25) is 0 Å². The molecule has 1 amide bonds. The van der Waals surface area contributed by atoms with Crippen molar-refractivity contribution >= 4 is 11.6 Å². The Labute approximate surface area is 121 Å². The Morgan fingerprint density at radius 3 is 2.50 bits per heavy atom. The standard InChI is InChI=1S/C16H24N2O2/c1-2-17(15-6-4-3-5-7-15)12-16(20)18-10-8-14(13-19)9-11-18/h3-7,14,19H,2,8-13H2,1H3. The second-order valence-corrected chi connectivity index (χ2v) is 5.36. The highest BCUT2D eigenvalue weighted by molar-refractivity contribution is 5.81. The average Bonchev–Trinajstić information content (AvgIpc) is 2.53. The molecule has 1 aromatic carbocycles. The summed E-state index contributed by atoms with van der Waals surface area (Å²) in [5.74, 6) is 0.558. The molecule has 4 heteroatoms. The number of anilines is 1. The first-order valence-electron chi connectivity index (χ1n) is 7.43. The molecule has 0 unspecified atom stereocenters. The van der Waals surface area contributed by atoms with Crippen LogP contribution in [-0.4, -0.2) is 48.7 Å². The molecule has 110 valence electrons. The van der Waals surface area contributed by atoms with Gasteiger partial charge in [-0.2, -0.15) is 0 Å². The van der Waals surface area contributed by atoms with E-state index >= 15 is 0 Å². The molecule has 0 bridgehead atoms. The van der Waals surface area contributed by atoms with Gasteiger partial charge in [-0.15, -0.1) is 0 Å². The van der Waals surface area contributed by atoms with Crippen LogP contribution in [0.25, 0.3) is 0 Å². The molecule has 1 aliphatic heterocycles. The number of likely N-dealkylation sites (tertiary alicyclic amines) is 1. The van der Waals surface area contributed by atoms with Gasteiger partial charge in [-0.1, -0.05) is 18.2 Å². The molecule has 0 spiro atoms. The van der Waals surface area contributed by atoms with Gasteiger partial charge in [-0.3, -0.25) is 4.79 Å². The average molecular weight is 276 g/mol. The first-order chi connectivity index (χ1) is 9.74. The van der Waals surface area contributed by atoms with Crippen molar-refractivity contribution in [1.29, 1.82) is 0 Å². The number of carbonyl (C=O) groups excluding carboxylic acids is 1. The summed E-state index contributed by atoms with van der Waals surface area (Å²) in [6.45, 7) is 5.12. The number of nitrogens with zero attached hydrogens (tertiary/aromatic N) is 2. The van der Waals surface area contributed by atoms with Gasteiger partial charge in [0.15, 0.2) is 0 Å². The van der Waals surface area contributed by atoms with E-state index in [1.807, 2.05) is 35.2 Å². The van der Waals surface area contributed by atoms with Crippen LogP contribution in [0.1, 0.15) is 19.8 Å². The first-order valence-corrected chi connectivity index (χ1v) is 7.43. The fraction of sp³-hybridized carbons (Fsp3) is 0.562. The van der Waals surface area contributed by atoms with E-state index in [0.29, 0.717) is 12.5 Å². The molecule has 1 aliphatic rings. The minimum Gasteiger partial charge on any atom is -0.396 e. The molecule has 1 saturated heterocycles. The molecular weight excluding hydrogens is 252 g/mol. The first kappa shape index (κ1) is 14.9. The van der Waals surface area contributed by atoms with Gasteiger partial charge in [0.05, 0.1) is 6.54 Å². The molecule has 0 aliphatic carbocycles. The maximum Gasteiger partial charge on any atom is 0.242 e. The van der Waals surface area contributed by atoms with Crippen molar-refractivity contribution in [1.82, 2.24) is 4.90 Å². The Hall–Kier alpha value is -1.55. The van der Waals surface area contributed by atoms with Gasteiger partial charge >= 0.3 is 0 Å². The van der Waals surface area contributed by atoms with Gasteiger partial charge in [-0.05, 0) is 37.8 Å². The van der Waals surface area contributed by atoms with E-state index in [1.54, 1.807) is 0 Å². The zero-order valence-corrected chi connectivity index (χ0v) is 12.2. The van der Waals surface area contributed by atoms with Crippen molar-refractivity contribution in [2.75, 3.05) is 37.7 Å². The lowest BCUT2D eigenvalue weighted by Gasteiger charge is -2.33. The van der Waals surface area contributed by atoms with Crippen LogP contribution in [0.15, 0.2) is 30.3 Å². The molecule has 1 heterocycles. The van der Waals surface area contributed by atoms with Crippen molar-refractivity contribution in [2.45, 2.75) is 19.8 Å². The third kappa shape index (κ3) is 3.73. The summed E-state index contributed by atoms with van der Waals surface area (Å²) in [6.07, 6.45) is 1.83. The van der Waals surface area contributed by atoms with Crippen LogP contribution in [0.5, 0.6) is 0 Å². The highest BCUT2D eigenvalue weighted by Gasteiger charge is 2.23. The van der Waals surface area contributed by atoms with E-state index < -0.39 is 0 Å². The van der Waals surface area contributed by atoms with Crippen molar-refractivity contribution in [2.24, 2.45) is 5.92 Å². The van der Waals surface area contributed by atoms with Gasteiger partial charge in [0.1, 0.15) is 0 Å². The van der Waals surface area contributed by atoms with E-state index in [0.717, 1.165) is 38.2 Å². The summed E-state index contributed by atoms with van der Waals surface area (Å²) in [5.41, 5.74) is 1.09. The number of aliphatic hydroxyl groups excluding tert-OH is 1. The lowest BCUT2D eigenvalue weighted by Crippen LogP contribution is -2.44. The molecule has 2 rings (SSSR count). The zero-order chi connectivity index (χ0) is 14.4. The predicted molar refractivity (Wildman–Crippen MR) is 80.7 cm³/mol. The fourth-order valence-electron chi connectivity index (χ4n) is 2.65. The summed E-state index contributed by atoms with van der Waals surface area (Å²) in [7, 11) is 0. The topological polar surface area (TPSA) is 43.8 Å². The van der Waals surface area contributed by atoms with Gasteiger partial charge in [0.2, 0.25) is 5.91 Å². The lowest BCUT2D eigenvalue weighted by molar-refractivity contribution is -0.131. The van der Waals surface area contributed by atoms with Crippen LogP contribution in [0.4, 0.5) is 5.69 Å². The number of carbonyl (C=O) groups is 1. The van der Waals surface area contributed by atoms with Crippen molar-refractivity contribution in [3.8, 4) is 0 Å². The van der Waals surface area contributed by atoms with Crippen LogP contribution < -0.4 is 4.90 Å². The Kier molecular flexibility index (Phi) is 5.41. The molecule has 1 fully saturated rings. The molecule has 4 nitrogen and oxygen atoms in total. The maximum absolute atomic E-state index is 12.4. The Morgan fingerprint density at radius 1 is 1.30 bits per heavy atom. The number of piperidine rings is 1. The second kappa shape index (κ2) is 7.29. The number of likely N-dealkylation sites (N-methyl/N-ethyl adjacent to an activating group) is 1. The lowest BCUT2D eigenvalue weighted by atomic mass is 9.98. The van der Waals surface area contributed by atoms with E-state index in [4.69, 9.17) is 5.11 Å². The summed E-state index contributed by atoms with van der Waals surface area (Å²) in [6, 6.07) is 10.0. The predicted octanol–water partition coefficient (Wildman–Crippen LogP) is 1.74. The molecular formula is C16H24N2O2. The van der Waals surface area contributed by atoms with Crippen LogP contribution in [0, 0.1) is 5.92 Å². The second-order valence-electron chi connectivity index (χ2n) is 5.36. The molecule has 0 aromatic heterocycles. The third-order valence-electron chi connectivity index (χ3n) is 4.05. The molecule has 1 N–H and O–H groups in total. The monoisotopic (exact) mass is 276 g/mol. The van der Waals surface area contributed by atoms with Crippen LogP contribution in [-0.2, 0) is 4.79 Å². The fourth-order valence-corrected chi connectivity index (χ4v) is 2.65. The van der Waals surface area contributed by atoms with Gasteiger partial charge in [0, 0.05) is 31.9 Å². The highest BCUT2D eigenvalue weighted by atomic mass is 16.3. The number of hydrogen-bond acceptors (Lipinski definition) is 3. The van der Waals surface area contributed by atoms with Gasteiger partial charge in [-0.25, -0.2) is 0 Å². The number of amides is 1. The maximum atomic E-state index is 12.4. The number of aliphatic hydroxyl groups is 1. The largest absolute Gasteiger partial charge is 0.396 e. The Balaban J connectivity index is 1.90. The molecule has 1 aromatic rings. The van der Waals surface area contributed by atoms with Crippen LogP contribution >= 0.6 is 0 Å². The van der Waals surface area contributed by atoms with E-state index in [2.05, 4.69) is 11.8 Å².